The number of aromatic amines is 1. The van der Waals surface area contributed by atoms with Crippen molar-refractivity contribution in [1.82, 2.24) is 29.5 Å². The largest absolute Gasteiger partial charge is 0.342 e. The number of fused-ring (bicyclic) bond motifs is 2. The van der Waals surface area contributed by atoms with Crippen molar-refractivity contribution in [2.45, 2.75) is 24.9 Å². The van der Waals surface area contributed by atoms with Gasteiger partial charge in [-0.15, -0.1) is 0 Å². The highest BCUT2D eigenvalue weighted by Gasteiger charge is 2.32. The third-order valence-electron chi connectivity index (χ3n) is 5.11. The lowest BCUT2D eigenvalue weighted by Gasteiger charge is -2.28. The predicted octanol–water partition coefficient (Wildman–Crippen LogP) is 2.21. The summed E-state index contributed by atoms with van der Waals surface area (Å²) in [6.45, 7) is 2.74. The maximum Gasteiger partial charge on any atom is 0.280 e. The number of hydrogen-bond donors (Lipinski definition) is 1. The van der Waals surface area contributed by atoms with Crippen molar-refractivity contribution in [3.8, 4) is 11.4 Å². The first-order chi connectivity index (χ1) is 13.9. The second kappa shape index (κ2) is 6.14. The van der Waals surface area contributed by atoms with E-state index in [0.717, 1.165) is 0 Å². The average Bonchev–Trinajstić information content (AvgIpc) is 3.40. The van der Waals surface area contributed by atoms with E-state index in [-0.39, 0.29) is 10.5 Å². The Morgan fingerprint density at radius 1 is 1.24 bits per heavy atom. The smallest absolute Gasteiger partial charge is 0.280 e. The van der Waals surface area contributed by atoms with Crippen LogP contribution in [0.2, 0.25) is 0 Å². The molecule has 29 heavy (non-hydrogen) atoms. The van der Waals surface area contributed by atoms with Crippen LogP contribution in [0.1, 0.15) is 12.0 Å². The zero-order valence-electron chi connectivity index (χ0n) is 15.8. The molecule has 1 aliphatic heterocycles. The standard InChI is InChI=1S/C18H18FN7O2S/c1-11-8-13(19)17-12(16(11)18-20-10-24(2)23-18)9-14(22-17)29(27,28)26-7-3-6-25-15(26)4-5-21-25/h4-5,8-10,22H,3,6-7H2,1-2H3. The van der Waals surface area contributed by atoms with Gasteiger partial charge in [-0.3, -0.25) is 4.68 Å². The molecule has 11 heteroatoms. The fourth-order valence-electron chi connectivity index (χ4n) is 3.80. The van der Waals surface area contributed by atoms with E-state index in [9.17, 15) is 12.8 Å². The van der Waals surface area contributed by atoms with Gasteiger partial charge in [-0.05, 0) is 31.0 Å². The molecule has 3 aromatic heterocycles. The molecule has 0 atom stereocenters. The van der Waals surface area contributed by atoms with Crippen LogP contribution in [0.15, 0.2) is 35.7 Å². The molecule has 4 heterocycles. The number of halogens is 1. The van der Waals surface area contributed by atoms with Gasteiger partial charge in [0.2, 0.25) is 0 Å². The number of aromatic nitrogens is 6. The molecule has 0 spiro atoms. The lowest BCUT2D eigenvalue weighted by atomic mass is 10.0. The Kier molecular flexibility index (Phi) is 3.78. The van der Waals surface area contributed by atoms with Crippen LogP contribution in [0.5, 0.6) is 0 Å². The van der Waals surface area contributed by atoms with Crippen LogP contribution in [0.25, 0.3) is 22.3 Å². The van der Waals surface area contributed by atoms with Crippen LogP contribution in [0, 0.1) is 12.7 Å². The predicted molar refractivity (Wildman–Crippen MR) is 104 cm³/mol. The number of hydrogen-bond acceptors (Lipinski definition) is 5. The highest BCUT2D eigenvalue weighted by Crippen LogP contribution is 2.35. The van der Waals surface area contributed by atoms with Crippen molar-refractivity contribution < 1.29 is 12.8 Å². The minimum absolute atomic E-state index is 0.0798. The molecular formula is C18H18FN7O2S. The summed E-state index contributed by atoms with van der Waals surface area (Å²) < 4.78 is 45.9. The first-order valence-electron chi connectivity index (χ1n) is 9.08. The molecular weight excluding hydrogens is 397 g/mol. The van der Waals surface area contributed by atoms with Gasteiger partial charge in [-0.2, -0.15) is 18.6 Å². The molecule has 1 aliphatic rings. The van der Waals surface area contributed by atoms with Gasteiger partial charge >= 0.3 is 0 Å². The van der Waals surface area contributed by atoms with Gasteiger partial charge < -0.3 is 4.98 Å². The number of H-pyrrole nitrogens is 1. The van der Waals surface area contributed by atoms with Crippen LogP contribution >= 0.6 is 0 Å². The molecule has 9 nitrogen and oxygen atoms in total. The molecule has 150 valence electrons. The molecule has 0 radical (unpaired) electrons. The first kappa shape index (κ1) is 17.9. The van der Waals surface area contributed by atoms with Gasteiger partial charge in [-0.1, -0.05) is 0 Å². The minimum Gasteiger partial charge on any atom is -0.342 e. The molecule has 0 aliphatic carbocycles. The molecule has 4 aromatic rings. The minimum atomic E-state index is -3.93. The van der Waals surface area contributed by atoms with Gasteiger partial charge in [0, 0.05) is 37.2 Å². The van der Waals surface area contributed by atoms with Crippen molar-refractivity contribution in [2.24, 2.45) is 7.05 Å². The van der Waals surface area contributed by atoms with Crippen molar-refractivity contribution in [3.63, 3.8) is 0 Å². The van der Waals surface area contributed by atoms with E-state index in [1.165, 1.54) is 16.4 Å². The topological polar surface area (TPSA) is 102 Å². The zero-order valence-corrected chi connectivity index (χ0v) is 16.6. The summed E-state index contributed by atoms with van der Waals surface area (Å²) >= 11 is 0. The average molecular weight is 415 g/mol. The fraction of sp³-hybridized carbons (Fsp3) is 0.278. The maximum absolute atomic E-state index is 14.7. The van der Waals surface area contributed by atoms with E-state index in [4.69, 9.17) is 0 Å². The molecule has 0 bridgehead atoms. The van der Waals surface area contributed by atoms with Crippen LogP contribution in [-0.2, 0) is 23.6 Å². The van der Waals surface area contributed by atoms with E-state index in [1.807, 2.05) is 0 Å². The molecule has 0 fully saturated rings. The number of sulfonamides is 1. The van der Waals surface area contributed by atoms with Crippen molar-refractivity contribution >= 4 is 26.7 Å². The quantitative estimate of drug-likeness (QED) is 0.553. The lowest BCUT2D eigenvalue weighted by molar-refractivity contribution is 0.531. The molecule has 0 saturated heterocycles. The van der Waals surface area contributed by atoms with Gasteiger partial charge in [-0.25, -0.2) is 18.4 Å². The SMILES string of the molecule is Cc1cc(F)c2[nH]c(S(=O)(=O)N3CCCn4nccc43)cc2c1-c1ncn(C)n1. The second-order valence-corrected chi connectivity index (χ2v) is 8.89. The number of benzene rings is 1. The third-order valence-corrected chi connectivity index (χ3v) is 6.84. The number of nitrogens with zero attached hydrogens (tertiary/aromatic N) is 6. The summed E-state index contributed by atoms with van der Waals surface area (Å²) in [7, 11) is -2.19. The highest BCUT2D eigenvalue weighted by molar-refractivity contribution is 7.92. The summed E-state index contributed by atoms with van der Waals surface area (Å²) in [5.74, 6) is 0.384. The van der Waals surface area contributed by atoms with Gasteiger partial charge in [0.05, 0.1) is 11.7 Å². The normalized spacial score (nSPS) is 14.5. The molecule has 0 amide bonds. The Hall–Kier alpha value is -3.21. The highest BCUT2D eigenvalue weighted by atomic mass is 32.2. The van der Waals surface area contributed by atoms with E-state index >= 15 is 0 Å². The molecule has 1 aromatic carbocycles. The number of rotatable bonds is 3. The summed E-state index contributed by atoms with van der Waals surface area (Å²) in [5, 5.41) is 8.81. The van der Waals surface area contributed by atoms with Crippen LogP contribution in [-0.4, -0.2) is 44.5 Å². The van der Waals surface area contributed by atoms with Crippen LogP contribution in [0.3, 0.4) is 0 Å². The Bertz CT molecular complexity index is 1350. The number of anilines is 1. The Morgan fingerprint density at radius 2 is 2.07 bits per heavy atom. The van der Waals surface area contributed by atoms with Crippen molar-refractivity contribution in [3.05, 3.63) is 42.1 Å². The second-order valence-electron chi connectivity index (χ2n) is 7.06. The molecule has 1 N–H and O–H groups in total. The monoisotopic (exact) mass is 415 g/mol. The summed E-state index contributed by atoms with van der Waals surface area (Å²) in [6, 6.07) is 4.48. The van der Waals surface area contributed by atoms with Gasteiger partial charge in [0.25, 0.3) is 10.0 Å². The molecule has 0 saturated carbocycles. The number of nitrogens with one attached hydrogen (secondary N) is 1. The number of aryl methyl sites for hydroxylation is 3. The lowest BCUT2D eigenvalue weighted by Crippen LogP contribution is -2.37. The van der Waals surface area contributed by atoms with Crippen molar-refractivity contribution in [1.29, 1.82) is 0 Å². The van der Waals surface area contributed by atoms with Crippen LogP contribution in [0.4, 0.5) is 10.2 Å². The first-order valence-corrected chi connectivity index (χ1v) is 10.5. The van der Waals surface area contributed by atoms with Crippen LogP contribution < -0.4 is 4.31 Å². The molecule has 5 rings (SSSR count). The molecule has 0 unspecified atom stereocenters. The van der Waals surface area contributed by atoms with E-state index in [1.54, 1.807) is 41.9 Å². The van der Waals surface area contributed by atoms with Crippen molar-refractivity contribution in [2.75, 3.05) is 10.8 Å². The van der Waals surface area contributed by atoms with E-state index in [0.29, 0.717) is 47.7 Å². The summed E-state index contributed by atoms with van der Waals surface area (Å²) in [4.78, 5) is 7.03. The zero-order chi connectivity index (χ0) is 20.3. The maximum atomic E-state index is 14.7. The Balaban J connectivity index is 1.71. The Morgan fingerprint density at radius 3 is 2.83 bits per heavy atom. The summed E-state index contributed by atoms with van der Waals surface area (Å²) in [6.07, 6.45) is 3.76. The van der Waals surface area contributed by atoms with E-state index < -0.39 is 15.8 Å². The fourth-order valence-corrected chi connectivity index (χ4v) is 5.31. The third kappa shape index (κ3) is 2.64. The summed E-state index contributed by atoms with van der Waals surface area (Å²) in [5.41, 5.74) is 1.34. The van der Waals surface area contributed by atoms with Gasteiger partial charge in [0.15, 0.2) is 10.9 Å². The van der Waals surface area contributed by atoms with E-state index in [2.05, 4.69) is 20.2 Å². The van der Waals surface area contributed by atoms with Gasteiger partial charge in [0.1, 0.15) is 18.0 Å². The Labute approximate surface area is 165 Å².